The molecule has 3 aromatic rings. The van der Waals surface area contributed by atoms with Gasteiger partial charge in [0.1, 0.15) is 17.1 Å². The van der Waals surface area contributed by atoms with Crippen molar-refractivity contribution < 1.29 is 13.9 Å². The first-order valence-electron chi connectivity index (χ1n) is 9.83. The van der Waals surface area contributed by atoms with Crippen LogP contribution >= 0.6 is 0 Å². The van der Waals surface area contributed by atoms with Crippen LogP contribution in [0.15, 0.2) is 59.0 Å². The number of hydrogen-bond donors (Lipinski definition) is 1. The smallest absolute Gasteiger partial charge is 0.227 e. The molecule has 0 bridgehead atoms. The normalized spacial score (nSPS) is 15.1. The lowest BCUT2D eigenvalue weighted by Gasteiger charge is -2.32. The molecule has 1 aliphatic heterocycles. The average Bonchev–Trinajstić information content (AvgIpc) is 3.16. The van der Waals surface area contributed by atoms with Gasteiger partial charge in [0.05, 0.1) is 20.1 Å². The second kappa shape index (κ2) is 8.48. The van der Waals surface area contributed by atoms with E-state index in [1.54, 1.807) is 7.11 Å². The number of likely N-dealkylation sites (tertiary alicyclic amines) is 1. The summed E-state index contributed by atoms with van der Waals surface area (Å²) in [6.07, 6.45) is 2.30. The highest BCUT2D eigenvalue weighted by Gasteiger charge is 2.23. The number of carbonyl (C=O) groups excluding carboxylic acids is 1. The number of furan rings is 1. The van der Waals surface area contributed by atoms with Gasteiger partial charge in [0.15, 0.2) is 0 Å². The van der Waals surface area contributed by atoms with Crippen molar-refractivity contribution in [1.29, 1.82) is 0 Å². The Bertz CT molecular complexity index is 909. The summed E-state index contributed by atoms with van der Waals surface area (Å²) in [4.78, 5) is 14.6. The van der Waals surface area contributed by atoms with Crippen molar-refractivity contribution in [2.24, 2.45) is 0 Å². The van der Waals surface area contributed by atoms with Gasteiger partial charge in [-0.05, 0) is 31.0 Å². The standard InChI is InChI=1S/C23H26N2O3/c1-27-21-8-4-2-7-18(21)15-23(26)25-12-10-19(11-13-25)24-16-20-14-17-6-3-5-9-22(17)28-20/h2-9,14,19,24H,10-13,15-16H2,1H3. The minimum Gasteiger partial charge on any atom is -0.496 e. The SMILES string of the molecule is COc1ccccc1CC(=O)N1CCC(NCc2cc3ccccc3o2)CC1. The van der Waals surface area contributed by atoms with E-state index in [2.05, 4.69) is 17.4 Å². The Balaban J connectivity index is 1.26. The number of carbonyl (C=O) groups is 1. The van der Waals surface area contributed by atoms with Gasteiger partial charge in [0.2, 0.25) is 5.91 Å². The van der Waals surface area contributed by atoms with Crippen molar-refractivity contribution >= 4 is 16.9 Å². The van der Waals surface area contributed by atoms with Gasteiger partial charge in [0, 0.05) is 30.1 Å². The van der Waals surface area contributed by atoms with Crippen molar-refractivity contribution in [2.75, 3.05) is 20.2 Å². The summed E-state index contributed by atoms with van der Waals surface area (Å²) in [5.41, 5.74) is 1.87. The van der Waals surface area contributed by atoms with Crippen LogP contribution in [0.2, 0.25) is 0 Å². The van der Waals surface area contributed by atoms with E-state index in [9.17, 15) is 4.79 Å². The van der Waals surface area contributed by atoms with Gasteiger partial charge in [-0.2, -0.15) is 0 Å². The van der Waals surface area contributed by atoms with Gasteiger partial charge < -0.3 is 19.4 Å². The summed E-state index contributed by atoms with van der Waals surface area (Å²) in [6.45, 7) is 2.28. The number of benzene rings is 2. The van der Waals surface area contributed by atoms with Gasteiger partial charge in [-0.15, -0.1) is 0 Å². The summed E-state index contributed by atoms with van der Waals surface area (Å²) < 4.78 is 11.2. The zero-order valence-electron chi connectivity index (χ0n) is 16.2. The zero-order valence-corrected chi connectivity index (χ0v) is 16.2. The number of fused-ring (bicyclic) bond motifs is 1. The third kappa shape index (κ3) is 4.20. The summed E-state index contributed by atoms with van der Waals surface area (Å²) >= 11 is 0. The molecule has 4 rings (SSSR count). The fourth-order valence-electron chi connectivity index (χ4n) is 3.83. The van der Waals surface area contributed by atoms with E-state index in [-0.39, 0.29) is 5.91 Å². The second-order valence-electron chi connectivity index (χ2n) is 7.28. The predicted octanol–water partition coefficient (Wildman–Crippen LogP) is 3.76. The number of nitrogens with one attached hydrogen (secondary N) is 1. The summed E-state index contributed by atoms with van der Waals surface area (Å²) in [5.74, 6) is 1.90. The van der Waals surface area contributed by atoms with Crippen LogP contribution in [-0.4, -0.2) is 37.0 Å². The van der Waals surface area contributed by atoms with Gasteiger partial charge >= 0.3 is 0 Å². The quantitative estimate of drug-likeness (QED) is 0.710. The molecular weight excluding hydrogens is 352 g/mol. The lowest BCUT2D eigenvalue weighted by Crippen LogP contribution is -2.45. The van der Waals surface area contributed by atoms with Crippen molar-refractivity contribution in [2.45, 2.75) is 31.8 Å². The van der Waals surface area contributed by atoms with E-state index in [1.807, 2.05) is 47.4 Å². The molecule has 2 heterocycles. The maximum Gasteiger partial charge on any atom is 0.227 e. The number of hydrogen-bond acceptors (Lipinski definition) is 4. The van der Waals surface area contributed by atoms with Crippen LogP contribution in [0.3, 0.4) is 0 Å². The van der Waals surface area contributed by atoms with Crippen LogP contribution in [0.4, 0.5) is 0 Å². The molecule has 0 atom stereocenters. The van der Waals surface area contributed by atoms with Crippen molar-refractivity contribution in [3.63, 3.8) is 0 Å². The minimum atomic E-state index is 0.167. The highest BCUT2D eigenvalue weighted by Crippen LogP contribution is 2.21. The Kier molecular flexibility index (Phi) is 5.63. The molecule has 5 nitrogen and oxygen atoms in total. The number of para-hydroxylation sites is 2. The van der Waals surface area contributed by atoms with E-state index in [0.29, 0.717) is 19.0 Å². The fourth-order valence-corrected chi connectivity index (χ4v) is 3.83. The molecule has 0 radical (unpaired) electrons. The number of rotatable bonds is 6. The zero-order chi connectivity index (χ0) is 19.3. The number of piperidine rings is 1. The number of ether oxygens (including phenoxy) is 1. The van der Waals surface area contributed by atoms with E-state index in [1.165, 1.54) is 0 Å². The molecule has 1 fully saturated rings. The molecule has 2 aromatic carbocycles. The maximum absolute atomic E-state index is 12.7. The van der Waals surface area contributed by atoms with Gasteiger partial charge in [-0.25, -0.2) is 0 Å². The topological polar surface area (TPSA) is 54.7 Å². The minimum absolute atomic E-state index is 0.167. The molecule has 146 valence electrons. The molecule has 0 saturated carbocycles. The van der Waals surface area contributed by atoms with Crippen molar-refractivity contribution in [3.05, 3.63) is 65.9 Å². The molecule has 1 aliphatic rings. The van der Waals surface area contributed by atoms with Crippen molar-refractivity contribution in [3.8, 4) is 5.75 Å². The average molecular weight is 378 g/mol. The Morgan fingerprint density at radius 3 is 2.68 bits per heavy atom. The third-order valence-corrected chi connectivity index (χ3v) is 5.42. The van der Waals surface area contributed by atoms with E-state index < -0.39 is 0 Å². The lowest BCUT2D eigenvalue weighted by molar-refractivity contribution is -0.131. The molecule has 1 N–H and O–H groups in total. The predicted molar refractivity (Wildman–Crippen MR) is 109 cm³/mol. The second-order valence-corrected chi connectivity index (χ2v) is 7.28. The summed E-state index contributed by atoms with van der Waals surface area (Å²) in [6, 6.07) is 18.3. The first-order chi connectivity index (χ1) is 13.7. The molecule has 0 spiro atoms. The molecule has 28 heavy (non-hydrogen) atoms. The molecule has 5 heteroatoms. The Hall–Kier alpha value is -2.79. The molecule has 1 aromatic heterocycles. The summed E-state index contributed by atoms with van der Waals surface area (Å²) in [5, 5.41) is 4.71. The first-order valence-corrected chi connectivity index (χ1v) is 9.83. The Morgan fingerprint density at radius 1 is 1.14 bits per heavy atom. The van der Waals surface area contributed by atoms with E-state index >= 15 is 0 Å². The van der Waals surface area contributed by atoms with E-state index in [0.717, 1.165) is 54.0 Å². The molecule has 0 aliphatic carbocycles. The van der Waals surface area contributed by atoms with Crippen molar-refractivity contribution in [1.82, 2.24) is 10.2 Å². The largest absolute Gasteiger partial charge is 0.496 e. The summed E-state index contributed by atoms with van der Waals surface area (Å²) in [7, 11) is 1.64. The maximum atomic E-state index is 12.7. The Morgan fingerprint density at radius 2 is 1.89 bits per heavy atom. The van der Waals surface area contributed by atoms with Crippen LogP contribution in [-0.2, 0) is 17.8 Å². The van der Waals surface area contributed by atoms with Crippen LogP contribution in [0, 0.1) is 0 Å². The number of amides is 1. The van der Waals surface area contributed by atoms with Gasteiger partial charge in [0.25, 0.3) is 0 Å². The van der Waals surface area contributed by atoms with Crippen LogP contribution in [0.1, 0.15) is 24.2 Å². The first kappa shape index (κ1) is 18.6. The third-order valence-electron chi connectivity index (χ3n) is 5.42. The molecule has 1 saturated heterocycles. The molecule has 0 unspecified atom stereocenters. The fraction of sp³-hybridized carbons (Fsp3) is 0.348. The van der Waals surface area contributed by atoms with Crippen LogP contribution < -0.4 is 10.1 Å². The monoisotopic (exact) mass is 378 g/mol. The van der Waals surface area contributed by atoms with E-state index in [4.69, 9.17) is 9.15 Å². The molecule has 1 amide bonds. The number of methoxy groups -OCH3 is 1. The Labute approximate surface area is 165 Å². The lowest BCUT2D eigenvalue weighted by atomic mass is 10.0. The highest BCUT2D eigenvalue weighted by atomic mass is 16.5. The number of nitrogens with zero attached hydrogens (tertiary/aromatic N) is 1. The molecular formula is C23H26N2O3. The van der Waals surface area contributed by atoms with Crippen LogP contribution in [0.5, 0.6) is 5.75 Å². The highest BCUT2D eigenvalue weighted by molar-refractivity contribution is 5.79. The van der Waals surface area contributed by atoms with Gasteiger partial charge in [-0.3, -0.25) is 4.79 Å². The van der Waals surface area contributed by atoms with Crippen LogP contribution in [0.25, 0.3) is 11.0 Å². The van der Waals surface area contributed by atoms with Gasteiger partial charge in [-0.1, -0.05) is 36.4 Å².